The number of pyridine rings is 1. The highest BCUT2D eigenvalue weighted by molar-refractivity contribution is 7.17. The molecule has 3 heterocycles. The van der Waals surface area contributed by atoms with E-state index >= 15 is 0 Å². The number of fused-ring (bicyclic) bond motifs is 1. The minimum absolute atomic E-state index is 0.650. The van der Waals surface area contributed by atoms with Crippen LogP contribution in [0.15, 0.2) is 17.7 Å². The van der Waals surface area contributed by atoms with E-state index in [0.717, 1.165) is 24.9 Å². The summed E-state index contributed by atoms with van der Waals surface area (Å²) in [6, 6.07) is 0. The predicted molar refractivity (Wildman–Crippen MR) is 74.2 cm³/mol. The van der Waals surface area contributed by atoms with Crippen molar-refractivity contribution in [3.8, 4) is 0 Å². The third kappa shape index (κ3) is 1.73. The molecule has 2 aromatic heterocycles. The van der Waals surface area contributed by atoms with E-state index in [1.165, 1.54) is 21.4 Å². The van der Waals surface area contributed by atoms with Crippen LogP contribution in [-0.4, -0.2) is 18.1 Å². The smallest absolute Gasteiger partial charge is 0.132 e. The van der Waals surface area contributed by atoms with Gasteiger partial charge in [0.25, 0.3) is 0 Å². The van der Waals surface area contributed by atoms with Crippen molar-refractivity contribution in [1.29, 1.82) is 0 Å². The molecule has 0 fully saturated rings. The van der Waals surface area contributed by atoms with Gasteiger partial charge in [-0.1, -0.05) is 6.08 Å². The highest BCUT2D eigenvalue weighted by atomic mass is 32.1. The van der Waals surface area contributed by atoms with Crippen molar-refractivity contribution in [2.45, 2.75) is 13.3 Å². The summed E-state index contributed by atoms with van der Waals surface area (Å²) in [6.07, 6.45) is 5.24. The number of hydrogen-bond acceptors (Lipinski definition) is 4. The Kier molecular flexibility index (Phi) is 2.61. The Bertz CT molecular complexity index is 598. The molecule has 3 nitrogen and oxygen atoms in total. The number of aryl methyl sites for hydroxylation is 1. The maximum atomic E-state index is 5.96. The van der Waals surface area contributed by atoms with Gasteiger partial charge in [-0.2, -0.15) is 0 Å². The van der Waals surface area contributed by atoms with Crippen molar-refractivity contribution in [3.63, 3.8) is 0 Å². The maximum Gasteiger partial charge on any atom is 0.132 e. The monoisotopic (exact) mass is 245 g/mol. The van der Waals surface area contributed by atoms with E-state index in [1.807, 2.05) is 6.20 Å². The van der Waals surface area contributed by atoms with Crippen LogP contribution in [0.1, 0.15) is 17.5 Å². The zero-order valence-electron chi connectivity index (χ0n) is 9.79. The second kappa shape index (κ2) is 4.13. The summed E-state index contributed by atoms with van der Waals surface area (Å²) < 4.78 is 1.28. The molecule has 0 saturated carbocycles. The summed E-state index contributed by atoms with van der Waals surface area (Å²) in [5, 5.41) is 6.62. The van der Waals surface area contributed by atoms with Gasteiger partial charge < -0.3 is 11.1 Å². The van der Waals surface area contributed by atoms with Crippen LogP contribution in [-0.2, 0) is 0 Å². The molecule has 0 unspecified atom stereocenters. The lowest BCUT2D eigenvalue weighted by atomic mass is 10.0. The van der Waals surface area contributed by atoms with Gasteiger partial charge in [-0.05, 0) is 36.4 Å². The summed E-state index contributed by atoms with van der Waals surface area (Å²) >= 11 is 1.77. The summed E-state index contributed by atoms with van der Waals surface area (Å²) in [4.78, 5) is 4.34. The lowest BCUT2D eigenvalue weighted by Crippen LogP contribution is -2.20. The Morgan fingerprint density at radius 1 is 1.47 bits per heavy atom. The van der Waals surface area contributed by atoms with Gasteiger partial charge in [0.2, 0.25) is 0 Å². The minimum atomic E-state index is 0.650. The van der Waals surface area contributed by atoms with Crippen molar-refractivity contribution in [2.24, 2.45) is 0 Å². The predicted octanol–water partition coefficient (Wildman–Crippen LogP) is 2.56. The zero-order chi connectivity index (χ0) is 11.8. The molecule has 4 heteroatoms. The summed E-state index contributed by atoms with van der Waals surface area (Å²) in [5.74, 6) is 0.650. The average molecular weight is 245 g/mol. The SMILES string of the molecule is Cc1csc2c(C3=CCNCC3)cnc(N)c12. The van der Waals surface area contributed by atoms with E-state index in [1.54, 1.807) is 11.3 Å². The molecule has 3 N–H and O–H groups in total. The largest absolute Gasteiger partial charge is 0.383 e. The molecule has 17 heavy (non-hydrogen) atoms. The van der Waals surface area contributed by atoms with Crippen LogP contribution in [0.5, 0.6) is 0 Å². The molecule has 88 valence electrons. The van der Waals surface area contributed by atoms with E-state index in [2.05, 4.69) is 28.7 Å². The zero-order valence-corrected chi connectivity index (χ0v) is 10.6. The first-order valence-electron chi connectivity index (χ1n) is 5.80. The number of nitrogens with zero attached hydrogens (tertiary/aromatic N) is 1. The highest BCUT2D eigenvalue weighted by Gasteiger charge is 2.14. The molecule has 2 aromatic rings. The normalized spacial score (nSPS) is 16.2. The van der Waals surface area contributed by atoms with E-state index in [9.17, 15) is 0 Å². The molecule has 1 aliphatic rings. The Morgan fingerprint density at radius 2 is 2.35 bits per heavy atom. The van der Waals surface area contributed by atoms with Crippen molar-refractivity contribution >= 4 is 32.8 Å². The second-order valence-electron chi connectivity index (χ2n) is 4.36. The van der Waals surface area contributed by atoms with Crippen LogP contribution in [0, 0.1) is 6.92 Å². The fraction of sp³-hybridized carbons (Fsp3) is 0.308. The van der Waals surface area contributed by atoms with Gasteiger partial charge in [0.05, 0.1) is 0 Å². The molecule has 0 atom stereocenters. The summed E-state index contributed by atoms with van der Waals surface area (Å²) in [6.45, 7) is 4.09. The van der Waals surface area contributed by atoms with Crippen molar-refractivity contribution in [3.05, 3.63) is 28.8 Å². The number of anilines is 1. The van der Waals surface area contributed by atoms with Crippen LogP contribution >= 0.6 is 11.3 Å². The molecule has 0 saturated heterocycles. The Morgan fingerprint density at radius 3 is 3.12 bits per heavy atom. The lowest BCUT2D eigenvalue weighted by molar-refractivity contribution is 0.739. The van der Waals surface area contributed by atoms with Crippen LogP contribution in [0.25, 0.3) is 15.7 Å². The molecule has 1 aliphatic heterocycles. The van der Waals surface area contributed by atoms with E-state index in [4.69, 9.17) is 5.73 Å². The van der Waals surface area contributed by atoms with Gasteiger partial charge >= 0.3 is 0 Å². The van der Waals surface area contributed by atoms with Gasteiger partial charge in [0.15, 0.2) is 0 Å². The van der Waals surface area contributed by atoms with E-state index in [0.29, 0.717) is 5.82 Å². The third-order valence-electron chi connectivity index (χ3n) is 3.22. The Hall–Kier alpha value is -1.39. The topological polar surface area (TPSA) is 50.9 Å². The molecule has 0 amide bonds. The van der Waals surface area contributed by atoms with Gasteiger partial charge in [-0.3, -0.25) is 0 Å². The van der Waals surface area contributed by atoms with Crippen molar-refractivity contribution < 1.29 is 0 Å². The number of rotatable bonds is 1. The quantitative estimate of drug-likeness (QED) is 0.812. The second-order valence-corrected chi connectivity index (χ2v) is 5.24. The number of thiophene rings is 1. The molecule has 0 radical (unpaired) electrons. The standard InChI is InChI=1S/C13H15N3S/c1-8-7-17-12-10(6-16-13(14)11(8)12)9-2-4-15-5-3-9/h2,6-7,15H,3-5H2,1H3,(H2,14,16). The fourth-order valence-corrected chi connectivity index (χ4v) is 3.42. The number of nitrogens with two attached hydrogens (primary N) is 1. The molecule has 0 aromatic carbocycles. The molecule has 0 bridgehead atoms. The molecule has 0 aliphatic carbocycles. The van der Waals surface area contributed by atoms with E-state index in [-0.39, 0.29) is 0 Å². The average Bonchev–Trinajstić information content (AvgIpc) is 2.74. The number of hydrogen-bond donors (Lipinski definition) is 2. The maximum absolute atomic E-state index is 5.96. The minimum Gasteiger partial charge on any atom is -0.383 e. The van der Waals surface area contributed by atoms with Crippen molar-refractivity contribution in [2.75, 3.05) is 18.8 Å². The van der Waals surface area contributed by atoms with Crippen LogP contribution in [0.2, 0.25) is 0 Å². The number of aromatic nitrogens is 1. The molecule has 0 spiro atoms. The number of nitrogens with one attached hydrogen (secondary N) is 1. The number of nitrogen functional groups attached to an aromatic ring is 1. The Labute approximate surface area is 104 Å². The highest BCUT2D eigenvalue weighted by Crippen LogP contribution is 2.35. The van der Waals surface area contributed by atoms with E-state index < -0.39 is 0 Å². The first kappa shape index (κ1) is 10.7. The van der Waals surface area contributed by atoms with Gasteiger partial charge in [-0.25, -0.2) is 4.98 Å². The molecule has 3 rings (SSSR count). The van der Waals surface area contributed by atoms with Gasteiger partial charge in [-0.15, -0.1) is 11.3 Å². The van der Waals surface area contributed by atoms with Gasteiger partial charge in [0.1, 0.15) is 5.82 Å². The third-order valence-corrected chi connectivity index (χ3v) is 4.35. The first-order valence-corrected chi connectivity index (χ1v) is 6.67. The van der Waals surface area contributed by atoms with Crippen LogP contribution in [0.3, 0.4) is 0 Å². The lowest BCUT2D eigenvalue weighted by Gasteiger charge is -2.15. The van der Waals surface area contributed by atoms with Crippen LogP contribution < -0.4 is 11.1 Å². The fourth-order valence-electron chi connectivity index (χ4n) is 2.31. The molecular formula is C13H15N3S. The van der Waals surface area contributed by atoms with Crippen LogP contribution in [0.4, 0.5) is 5.82 Å². The summed E-state index contributed by atoms with van der Waals surface area (Å²) in [5.41, 5.74) is 9.84. The Balaban J connectivity index is 2.23. The van der Waals surface area contributed by atoms with Gasteiger partial charge in [0, 0.05) is 28.4 Å². The molecular weight excluding hydrogens is 230 g/mol. The first-order chi connectivity index (χ1) is 8.27. The van der Waals surface area contributed by atoms with Crippen molar-refractivity contribution in [1.82, 2.24) is 10.3 Å². The summed E-state index contributed by atoms with van der Waals surface area (Å²) in [7, 11) is 0.